The summed E-state index contributed by atoms with van der Waals surface area (Å²) >= 11 is 0. The van der Waals surface area contributed by atoms with E-state index >= 15 is 0 Å². The summed E-state index contributed by atoms with van der Waals surface area (Å²) in [6.07, 6.45) is -0.441. The summed E-state index contributed by atoms with van der Waals surface area (Å²) in [6.45, 7) is 0. The Morgan fingerprint density at radius 2 is 2.38 bits per heavy atom. The van der Waals surface area contributed by atoms with Gasteiger partial charge in [-0.05, 0) is 6.42 Å². The Bertz CT molecular complexity index is 162. The van der Waals surface area contributed by atoms with Crippen molar-refractivity contribution in [1.29, 1.82) is 0 Å². The number of halogens is 1. The van der Waals surface area contributed by atoms with Crippen LogP contribution in [0.2, 0.25) is 0 Å². The van der Waals surface area contributed by atoms with E-state index in [0.717, 1.165) is 0 Å². The molecule has 3 unspecified atom stereocenters. The van der Waals surface area contributed by atoms with Crippen LogP contribution < -0.4 is 0 Å². The Morgan fingerprint density at radius 3 is 2.38 bits per heavy atom. The fourth-order valence-electron chi connectivity index (χ4n) is 1.19. The SMILES string of the molecule is O=C(O)C12CC1C2F. The molecule has 0 aromatic rings. The van der Waals surface area contributed by atoms with Crippen molar-refractivity contribution in [2.75, 3.05) is 0 Å². The lowest BCUT2D eigenvalue weighted by Gasteiger charge is -1.94. The summed E-state index contributed by atoms with van der Waals surface area (Å²) in [4.78, 5) is 10.1. The van der Waals surface area contributed by atoms with Crippen molar-refractivity contribution in [2.45, 2.75) is 12.6 Å². The molecule has 2 aliphatic carbocycles. The average Bonchev–Trinajstić information content (AvgIpc) is 2.47. The van der Waals surface area contributed by atoms with Gasteiger partial charge in [0.25, 0.3) is 0 Å². The molecule has 0 aliphatic heterocycles. The first kappa shape index (κ1) is 4.30. The van der Waals surface area contributed by atoms with Gasteiger partial charge in [-0.15, -0.1) is 0 Å². The second-order valence-corrected chi connectivity index (χ2v) is 2.56. The molecule has 44 valence electrons. The van der Waals surface area contributed by atoms with Gasteiger partial charge in [0.15, 0.2) is 0 Å². The van der Waals surface area contributed by atoms with E-state index in [-0.39, 0.29) is 5.92 Å². The number of rotatable bonds is 1. The van der Waals surface area contributed by atoms with Crippen LogP contribution in [0.25, 0.3) is 0 Å². The molecule has 3 heteroatoms. The monoisotopic (exact) mass is 116 g/mol. The molecule has 8 heavy (non-hydrogen) atoms. The number of aliphatic carboxylic acids is 1. The molecule has 0 aromatic carbocycles. The number of carboxylic acid groups (broad SMARTS) is 1. The molecule has 0 spiro atoms. The fourth-order valence-corrected chi connectivity index (χ4v) is 1.19. The van der Waals surface area contributed by atoms with Crippen molar-refractivity contribution in [3.05, 3.63) is 0 Å². The van der Waals surface area contributed by atoms with Gasteiger partial charge in [-0.1, -0.05) is 0 Å². The van der Waals surface area contributed by atoms with Gasteiger partial charge < -0.3 is 5.11 Å². The fraction of sp³-hybridized carbons (Fsp3) is 0.800. The molecule has 1 N–H and O–H groups in total. The van der Waals surface area contributed by atoms with Crippen molar-refractivity contribution in [2.24, 2.45) is 11.3 Å². The Hall–Kier alpha value is -0.600. The number of hydrogen-bond donors (Lipinski definition) is 1. The Labute approximate surface area is 45.3 Å². The van der Waals surface area contributed by atoms with Crippen LogP contribution in [0.3, 0.4) is 0 Å². The zero-order valence-electron chi connectivity index (χ0n) is 4.10. The molecule has 0 amide bonds. The summed E-state index contributed by atoms with van der Waals surface area (Å²) in [5.41, 5.74) is -0.875. The van der Waals surface area contributed by atoms with Gasteiger partial charge in [0.2, 0.25) is 0 Å². The van der Waals surface area contributed by atoms with Crippen LogP contribution in [0.15, 0.2) is 0 Å². The van der Waals surface area contributed by atoms with Gasteiger partial charge in [-0.3, -0.25) is 4.79 Å². The summed E-state index contributed by atoms with van der Waals surface area (Å²) in [6, 6.07) is 0. The quantitative estimate of drug-likeness (QED) is 0.539. The highest BCUT2D eigenvalue weighted by Crippen LogP contribution is 2.76. The van der Waals surface area contributed by atoms with Crippen molar-refractivity contribution in [1.82, 2.24) is 0 Å². The highest BCUT2D eigenvalue weighted by Gasteiger charge is 2.85. The van der Waals surface area contributed by atoms with Gasteiger partial charge in [0.1, 0.15) is 11.6 Å². The summed E-state index contributed by atoms with van der Waals surface area (Å²) in [7, 11) is 0. The van der Waals surface area contributed by atoms with Gasteiger partial charge in [-0.2, -0.15) is 0 Å². The van der Waals surface area contributed by atoms with Crippen LogP contribution in [-0.2, 0) is 4.79 Å². The van der Waals surface area contributed by atoms with E-state index in [1.54, 1.807) is 0 Å². The molecule has 0 aromatic heterocycles. The molecule has 2 saturated carbocycles. The second-order valence-electron chi connectivity index (χ2n) is 2.56. The summed E-state index contributed by atoms with van der Waals surface area (Å²) < 4.78 is 12.1. The maximum atomic E-state index is 12.1. The molecule has 0 bridgehead atoms. The predicted molar refractivity (Wildman–Crippen MR) is 23.1 cm³/mol. The number of hydrogen-bond acceptors (Lipinski definition) is 1. The maximum Gasteiger partial charge on any atom is 0.313 e. The van der Waals surface area contributed by atoms with Crippen molar-refractivity contribution in [3.63, 3.8) is 0 Å². The lowest BCUT2D eigenvalue weighted by Crippen LogP contribution is -2.10. The minimum absolute atomic E-state index is 0.111. The molecule has 3 atom stereocenters. The number of fused-ring (bicyclic) bond motifs is 1. The highest BCUT2D eigenvalue weighted by atomic mass is 19.1. The minimum atomic E-state index is -1.01. The van der Waals surface area contributed by atoms with Gasteiger partial charge in [0, 0.05) is 5.92 Å². The number of alkyl halides is 1. The standard InChI is InChI=1S/C5H5FO2/c6-3-2-1-5(2,3)4(7)8/h2-3H,1H2,(H,7,8). The lowest BCUT2D eigenvalue weighted by atomic mass is 10.2. The Kier molecular flexibility index (Phi) is 0.423. The largest absolute Gasteiger partial charge is 0.481 e. The van der Waals surface area contributed by atoms with Gasteiger partial charge in [0.05, 0.1) is 0 Å². The van der Waals surface area contributed by atoms with Crippen LogP contribution in [-0.4, -0.2) is 17.2 Å². The maximum absolute atomic E-state index is 12.1. The lowest BCUT2D eigenvalue weighted by molar-refractivity contribution is -0.141. The Balaban J connectivity index is 2.20. The average molecular weight is 116 g/mol. The third-order valence-corrected chi connectivity index (χ3v) is 2.19. The molecule has 0 heterocycles. The first-order valence-electron chi connectivity index (χ1n) is 2.57. The first-order valence-corrected chi connectivity index (χ1v) is 2.57. The van der Waals surface area contributed by atoms with Crippen LogP contribution in [0.4, 0.5) is 4.39 Å². The molecule has 2 rings (SSSR count). The Morgan fingerprint density at radius 1 is 1.88 bits per heavy atom. The minimum Gasteiger partial charge on any atom is -0.481 e. The highest BCUT2D eigenvalue weighted by molar-refractivity contribution is 5.85. The van der Waals surface area contributed by atoms with E-state index in [1.807, 2.05) is 0 Å². The zero-order valence-corrected chi connectivity index (χ0v) is 4.10. The van der Waals surface area contributed by atoms with Crippen molar-refractivity contribution in [3.8, 4) is 0 Å². The van der Waals surface area contributed by atoms with E-state index in [4.69, 9.17) is 5.11 Å². The van der Waals surface area contributed by atoms with E-state index in [2.05, 4.69) is 0 Å². The van der Waals surface area contributed by atoms with E-state index in [9.17, 15) is 9.18 Å². The van der Waals surface area contributed by atoms with Gasteiger partial charge >= 0.3 is 5.97 Å². The zero-order chi connectivity index (χ0) is 5.94. The molecule has 0 radical (unpaired) electrons. The molecule has 2 fully saturated rings. The topological polar surface area (TPSA) is 37.3 Å². The van der Waals surface area contributed by atoms with Gasteiger partial charge in [-0.25, -0.2) is 4.39 Å². The van der Waals surface area contributed by atoms with E-state index < -0.39 is 17.6 Å². The summed E-state index contributed by atoms with van der Waals surface area (Å²) in [5, 5.41) is 8.28. The smallest absolute Gasteiger partial charge is 0.313 e. The van der Waals surface area contributed by atoms with E-state index in [0.29, 0.717) is 6.42 Å². The molecule has 2 aliphatic rings. The van der Waals surface area contributed by atoms with Crippen LogP contribution in [0.5, 0.6) is 0 Å². The van der Waals surface area contributed by atoms with Crippen molar-refractivity contribution < 1.29 is 14.3 Å². The molecular formula is C5H5FO2. The predicted octanol–water partition coefficient (Wildman–Crippen LogP) is 0.429. The van der Waals surface area contributed by atoms with E-state index in [1.165, 1.54) is 0 Å². The number of carbonyl (C=O) groups is 1. The first-order chi connectivity index (χ1) is 3.69. The third kappa shape index (κ3) is 0.208. The second kappa shape index (κ2) is 0.787. The molecule has 0 saturated heterocycles. The van der Waals surface area contributed by atoms with Crippen molar-refractivity contribution >= 4 is 5.97 Å². The van der Waals surface area contributed by atoms with Crippen LogP contribution >= 0.6 is 0 Å². The molecular weight excluding hydrogens is 111 g/mol. The van der Waals surface area contributed by atoms with Crippen LogP contribution in [0, 0.1) is 11.3 Å². The summed E-state index contributed by atoms with van der Waals surface area (Å²) in [5.74, 6) is -1.06. The normalized spacial score (nSPS) is 57.1. The third-order valence-electron chi connectivity index (χ3n) is 2.19. The van der Waals surface area contributed by atoms with Crippen LogP contribution in [0.1, 0.15) is 6.42 Å². The molecule has 2 nitrogen and oxygen atoms in total. The number of carboxylic acids is 1.